The van der Waals surface area contributed by atoms with Crippen molar-refractivity contribution >= 4 is 32.6 Å². The van der Waals surface area contributed by atoms with E-state index in [4.69, 9.17) is 20.3 Å². The third-order valence-electron chi connectivity index (χ3n) is 3.51. The van der Waals surface area contributed by atoms with Crippen molar-refractivity contribution in [3.8, 4) is 0 Å². The molecule has 26 heavy (non-hydrogen) atoms. The number of nitrogens with two attached hydrogens (primary N) is 1. The van der Waals surface area contributed by atoms with Crippen LogP contribution in [0.2, 0.25) is 0 Å². The second kappa shape index (κ2) is 6.93. The third kappa shape index (κ3) is 4.26. The van der Waals surface area contributed by atoms with E-state index in [2.05, 4.69) is 23.8 Å². The molecule has 0 bridgehead atoms. The van der Waals surface area contributed by atoms with Gasteiger partial charge < -0.3 is 30.3 Å². The fraction of sp³-hybridized carbons (Fsp3) is 0.500. The first-order valence-corrected chi connectivity index (χ1v) is 10.1. The molecule has 0 aromatic carbocycles. The van der Waals surface area contributed by atoms with E-state index in [0.29, 0.717) is 11.2 Å². The lowest BCUT2D eigenvalue weighted by atomic mass is 10.2. The lowest BCUT2D eigenvalue weighted by Gasteiger charge is -2.18. The molecule has 0 radical (unpaired) electrons. The molecule has 3 rings (SSSR count). The molecule has 0 aliphatic carbocycles. The molecule has 1 unspecified atom stereocenters. The topological polar surface area (TPSA) is 212 Å². The highest BCUT2D eigenvalue weighted by Gasteiger charge is 2.39. The molecule has 14 nitrogen and oxygen atoms in total. The molecule has 144 valence electrons. The van der Waals surface area contributed by atoms with Gasteiger partial charge in [-0.3, -0.25) is 9.09 Å². The minimum Gasteiger partial charge on any atom is -0.390 e. The number of imidazole rings is 1. The van der Waals surface area contributed by atoms with Crippen LogP contribution in [0.1, 0.15) is 12.6 Å². The van der Waals surface area contributed by atoms with Gasteiger partial charge in [0.2, 0.25) is 0 Å². The average Bonchev–Trinajstić information content (AvgIpc) is 3.07. The van der Waals surface area contributed by atoms with Crippen LogP contribution in [-0.4, -0.2) is 58.1 Å². The van der Waals surface area contributed by atoms with Crippen molar-refractivity contribution in [2.45, 2.75) is 24.9 Å². The predicted molar refractivity (Wildman–Crippen MR) is 83.2 cm³/mol. The van der Waals surface area contributed by atoms with Crippen LogP contribution in [0.3, 0.4) is 0 Å². The summed E-state index contributed by atoms with van der Waals surface area (Å²) in [6, 6.07) is 0. The highest BCUT2D eigenvalue weighted by molar-refractivity contribution is 7.60. The maximum Gasteiger partial charge on any atom is 0.481 e. The number of aromatic nitrogens is 4. The number of hydrogen-bond acceptors (Lipinski definition) is 10. The van der Waals surface area contributed by atoms with Gasteiger partial charge in [-0.15, -0.1) is 0 Å². The maximum absolute atomic E-state index is 11.5. The molecule has 1 aliphatic rings. The van der Waals surface area contributed by atoms with E-state index in [-0.39, 0.29) is 12.2 Å². The Hall–Kier alpha value is -1.47. The molecule has 2 aromatic heterocycles. The number of phosphoric acid groups is 2. The zero-order valence-electron chi connectivity index (χ0n) is 12.9. The van der Waals surface area contributed by atoms with Gasteiger partial charge in [0.1, 0.15) is 24.2 Å². The minimum absolute atomic E-state index is 0.0818. The summed E-state index contributed by atoms with van der Waals surface area (Å²) in [4.78, 5) is 38.3. The van der Waals surface area contributed by atoms with Crippen molar-refractivity contribution in [2.75, 3.05) is 12.3 Å². The Morgan fingerprint density at radius 2 is 2.04 bits per heavy atom. The number of aliphatic hydroxyl groups is 1. The van der Waals surface area contributed by atoms with Crippen LogP contribution in [-0.2, 0) is 22.7 Å². The molecule has 16 heteroatoms. The molecular formula is C10H15N5O9P2. The van der Waals surface area contributed by atoms with Gasteiger partial charge in [0.15, 0.2) is 11.5 Å². The number of rotatable bonds is 6. The molecule has 6 N–H and O–H groups in total. The second-order valence-electron chi connectivity index (χ2n) is 5.35. The van der Waals surface area contributed by atoms with E-state index >= 15 is 0 Å². The van der Waals surface area contributed by atoms with Gasteiger partial charge in [-0.25, -0.2) is 24.1 Å². The second-order valence-corrected chi connectivity index (χ2v) is 8.18. The van der Waals surface area contributed by atoms with Crippen LogP contribution in [0.4, 0.5) is 5.82 Å². The lowest BCUT2D eigenvalue weighted by molar-refractivity contribution is -0.0423. The number of ether oxygens (including phenoxy) is 1. The van der Waals surface area contributed by atoms with Crippen LogP contribution in [0.25, 0.3) is 11.2 Å². The first-order chi connectivity index (χ1) is 12.1. The van der Waals surface area contributed by atoms with Crippen molar-refractivity contribution in [3.05, 3.63) is 12.7 Å². The summed E-state index contributed by atoms with van der Waals surface area (Å²) in [5, 5.41) is 10.1. The molecule has 4 atom stereocenters. The summed E-state index contributed by atoms with van der Waals surface area (Å²) in [5.74, 6) is 0.169. The molecule has 2 aromatic rings. The molecule has 0 spiro atoms. The quantitative estimate of drug-likeness (QED) is 0.372. The van der Waals surface area contributed by atoms with Crippen LogP contribution in [0.15, 0.2) is 12.7 Å². The first kappa shape index (κ1) is 19.3. The van der Waals surface area contributed by atoms with Crippen molar-refractivity contribution in [1.82, 2.24) is 19.5 Å². The lowest BCUT2D eigenvalue weighted by Crippen LogP contribution is -2.26. The summed E-state index contributed by atoms with van der Waals surface area (Å²) in [6.45, 7) is -0.644. The predicted octanol–water partition coefficient (Wildman–Crippen LogP) is -0.717. The molecule has 1 aliphatic heterocycles. The Morgan fingerprint density at radius 1 is 1.31 bits per heavy atom. The fourth-order valence-electron chi connectivity index (χ4n) is 2.44. The monoisotopic (exact) mass is 411 g/mol. The zero-order valence-corrected chi connectivity index (χ0v) is 14.7. The van der Waals surface area contributed by atoms with Crippen LogP contribution in [0, 0.1) is 0 Å². The smallest absolute Gasteiger partial charge is 0.390 e. The number of hydrogen-bond donors (Lipinski definition) is 5. The Bertz CT molecular complexity index is 900. The number of fused-ring (bicyclic) bond motifs is 1. The zero-order chi connectivity index (χ0) is 19.1. The van der Waals surface area contributed by atoms with Gasteiger partial charge in [-0.05, 0) is 0 Å². The normalized spacial score (nSPS) is 26.2. The van der Waals surface area contributed by atoms with E-state index in [1.807, 2.05) is 0 Å². The van der Waals surface area contributed by atoms with Crippen LogP contribution >= 0.6 is 15.6 Å². The summed E-state index contributed by atoms with van der Waals surface area (Å²) in [6.07, 6.45) is -0.158. The maximum atomic E-state index is 11.5. The molecule has 0 saturated carbocycles. The highest BCUT2D eigenvalue weighted by Crippen LogP contribution is 2.57. The molecule has 0 amide bonds. The van der Waals surface area contributed by atoms with E-state index in [9.17, 15) is 19.1 Å². The summed E-state index contributed by atoms with van der Waals surface area (Å²) in [5.41, 5.74) is 6.41. The fourth-order valence-corrected chi connectivity index (χ4v) is 4.04. The van der Waals surface area contributed by atoms with E-state index in [1.165, 1.54) is 17.2 Å². The van der Waals surface area contributed by atoms with Crippen molar-refractivity contribution in [3.63, 3.8) is 0 Å². The Kier molecular flexibility index (Phi) is 5.14. The number of nitrogen functional groups attached to an aromatic ring is 1. The average molecular weight is 411 g/mol. The number of anilines is 1. The largest absolute Gasteiger partial charge is 0.481 e. The van der Waals surface area contributed by atoms with Gasteiger partial charge in [0.25, 0.3) is 0 Å². The standard InChI is InChI=1S/C10H15N5O9P2/c11-9-8-10(13-3-12-9)15(4-14-8)7-1-5(16)6(23-7)2-22-26(20,21)24-25(17,18)19/h3-7,16H,1-2H2,(H,20,21)(H2,11,12,13)(H2,17,18,19)/t5-,6-,7-/m0/s1. The van der Waals surface area contributed by atoms with Gasteiger partial charge in [0.05, 0.1) is 19.0 Å². The Balaban J connectivity index is 1.69. The van der Waals surface area contributed by atoms with Gasteiger partial charge in [0, 0.05) is 6.42 Å². The van der Waals surface area contributed by atoms with Crippen molar-refractivity contribution in [1.29, 1.82) is 0 Å². The third-order valence-corrected chi connectivity index (χ3v) is 5.66. The van der Waals surface area contributed by atoms with Crippen molar-refractivity contribution < 1.29 is 42.5 Å². The Morgan fingerprint density at radius 3 is 2.73 bits per heavy atom. The summed E-state index contributed by atoms with van der Waals surface area (Å²) in [7, 11) is -10.3. The first-order valence-electron chi connectivity index (χ1n) is 7.06. The number of phosphoric ester groups is 1. The molecule has 1 fully saturated rings. The highest BCUT2D eigenvalue weighted by atomic mass is 31.3. The van der Waals surface area contributed by atoms with E-state index < -0.39 is 40.7 Å². The Labute approximate surface area is 145 Å². The van der Waals surface area contributed by atoms with E-state index in [0.717, 1.165) is 0 Å². The van der Waals surface area contributed by atoms with Crippen LogP contribution < -0.4 is 5.73 Å². The van der Waals surface area contributed by atoms with Gasteiger partial charge in [-0.2, -0.15) is 4.31 Å². The molecular weight excluding hydrogens is 396 g/mol. The summed E-state index contributed by atoms with van der Waals surface area (Å²) >= 11 is 0. The number of aliphatic hydroxyl groups excluding tert-OH is 1. The summed E-state index contributed by atoms with van der Waals surface area (Å²) < 4.78 is 37.3. The van der Waals surface area contributed by atoms with Crippen molar-refractivity contribution in [2.24, 2.45) is 0 Å². The minimum atomic E-state index is -5.23. The molecule has 1 saturated heterocycles. The van der Waals surface area contributed by atoms with Gasteiger partial charge >= 0.3 is 15.6 Å². The molecule has 3 heterocycles. The number of nitrogens with zero attached hydrogens (tertiary/aromatic N) is 4. The van der Waals surface area contributed by atoms with E-state index in [1.54, 1.807) is 0 Å². The SMILES string of the molecule is Nc1ncnc2c1ncn2[C@@H]1C[C@H](O)[C@H](COP(=O)(O)OP(=O)(O)O)O1. The van der Waals surface area contributed by atoms with Gasteiger partial charge in [-0.1, -0.05) is 0 Å². The van der Waals surface area contributed by atoms with Crippen LogP contribution in [0.5, 0.6) is 0 Å².